The number of aliphatic hydroxyl groups is 1. The fraction of sp³-hybridized carbons (Fsp3) is 1.00. The van der Waals surface area contributed by atoms with Crippen LogP contribution in [-0.4, -0.2) is 47.8 Å². The lowest BCUT2D eigenvalue weighted by atomic mass is 10.2. The Bertz CT molecular complexity index is 168. The van der Waals surface area contributed by atoms with E-state index in [0.717, 1.165) is 12.6 Å². The van der Waals surface area contributed by atoms with E-state index in [4.69, 9.17) is 5.11 Å². The summed E-state index contributed by atoms with van der Waals surface area (Å²) in [5.41, 5.74) is 0. The maximum Gasteiger partial charge on any atom is 0.0636 e. The third-order valence-electron chi connectivity index (χ3n) is 2.98. The van der Waals surface area contributed by atoms with Gasteiger partial charge in [0.15, 0.2) is 0 Å². The van der Waals surface area contributed by atoms with Gasteiger partial charge in [0.2, 0.25) is 0 Å². The Kier molecular flexibility index (Phi) is 2.86. The predicted molar refractivity (Wildman–Crippen MR) is 52.7 cm³/mol. The van der Waals surface area contributed by atoms with Gasteiger partial charge in [0.05, 0.1) is 6.10 Å². The molecule has 2 rings (SSSR count). The van der Waals surface area contributed by atoms with Crippen LogP contribution in [0.1, 0.15) is 26.2 Å². The molecule has 0 bridgehead atoms. The molecular weight excluding hydrogens is 164 g/mol. The Hall–Kier alpha value is -0.120. The second-order valence-corrected chi connectivity index (χ2v) is 4.47. The number of hydrogen-bond donors (Lipinski definition) is 2. The molecule has 13 heavy (non-hydrogen) atoms. The third kappa shape index (κ3) is 2.66. The fourth-order valence-electron chi connectivity index (χ4n) is 2.06. The van der Waals surface area contributed by atoms with Crippen molar-refractivity contribution in [2.45, 2.75) is 44.4 Å². The van der Waals surface area contributed by atoms with Crippen LogP contribution >= 0.6 is 0 Å². The van der Waals surface area contributed by atoms with Crippen molar-refractivity contribution in [1.29, 1.82) is 0 Å². The van der Waals surface area contributed by atoms with E-state index in [9.17, 15) is 0 Å². The number of nitrogens with zero attached hydrogens (tertiary/aromatic N) is 1. The van der Waals surface area contributed by atoms with Crippen molar-refractivity contribution in [3.05, 3.63) is 0 Å². The molecule has 1 saturated heterocycles. The zero-order valence-electron chi connectivity index (χ0n) is 8.37. The monoisotopic (exact) mass is 184 g/mol. The van der Waals surface area contributed by atoms with Crippen LogP contribution in [0, 0.1) is 0 Å². The van der Waals surface area contributed by atoms with E-state index in [0.29, 0.717) is 6.04 Å². The van der Waals surface area contributed by atoms with E-state index in [-0.39, 0.29) is 6.10 Å². The van der Waals surface area contributed by atoms with Crippen LogP contribution in [0.25, 0.3) is 0 Å². The zero-order chi connectivity index (χ0) is 9.26. The maximum atomic E-state index is 9.12. The Morgan fingerprint density at radius 1 is 1.46 bits per heavy atom. The van der Waals surface area contributed by atoms with Gasteiger partial charge in [0.25, 0.3) is 0 Å². The number of aliphatic hydroxyl groups excluding tert-OH is 1. The number of nitrogens with one attached hydrogen (secondary N) is 1. The number of likely N-dealkylation sites (tertiary alicyclic amines) is 1. The Labute approximate surface area is 80.1 Å². The maximum absolute atomic E-state index is 9.12. The SMILES string of the molecule is C[C@@H](O)CNC1CCN(C2CC2)C1. The van der Waals surface area contributed by atoms with Crippen LogP contribution in [0.2, 0.25) is 0 Å². The van der Waals surface area contributed by atoms with Gasteiger partial charge in [-0.05, 0) is 26.2 Å². The minimum atomic E-state index is -0.213. The lowest BCUT2D eigenvalue weighted by molar-refractivity contribution is 0.185. The van der Waals surface area contributed by atoms with E-state index in [2.05, 4.69) is 10.2 Å². The first-order chi connectivity index (χ1) is 6.25. The molecule has 0 spiro atoms. The van der Waals surface area contributed by atoms with E-state index in [1.54, 1.807) is 0 Å². The lowest BCUT2D eigenvalue weighted by Crippen LogP contribution is -2.37. The predicted octanol–water partition coefficient (Wildman–Crippen LogP) is 0.193. The summed E-state index contributed by atoms with van der Waals surface area (Å²) in [6.07, 6.45) is 3.85. The molecule has 1 unspecified atom stereocenters. The molecule has 0 aromatic heterocycles. The highest BCUT2D eigenvalue weighted by Crippen LogP contribution is 2.29. The molecular formula is C10H20N2O. The molecule has 2 atom stereocenters. The molecule has 1 aliphatic carbocycles. The summed E-state index contributed by atoms with van der Waals surface area (Å²) in [7, 11) is 0. The zero-order valence-corrected chi connectivity index (χ0v) is 8.37. The van der Waals surface area contributed by atoms with Gasteiger partial charge in [0, 0.05) is 31.7 Å². The van der Waals surface area contributed by atoms with Gasteiger partial charge >= 0.3 is 0 Å². The van der Waals surface area contributed by atoms with E-state index in [1.807, 2.05) is 6.92 Å². The molecule has 0 aromatic rings. The second kappa shape index (κ2) is 3.95. The minimum absolute atomic E-state index is 0.213. The van der Waals surface area contributed by atoms with Crippen LogP contribution < -0.4 is 5.32 Å². The summed E-state index contributed by atoms with van der Waals surface area (Å²) >= 11 is 0. The molecule has 1 aliphatic heterocycles. The molecule has 2 N–H and O–H groups in total. The van der Waals surface area contributed by atoms with Crippen molar-refractivity contribution in [1.82, 2.24) is 10.2 Å². The first-order valence-electron chi connectivity index (χ1n) is 5.41. The average molecular weight is 184 g/mol. The molecule has 0 radical (unpaired) electrons. The first kappa shape index (κ1) is 9.44. The molecule has 3 nitrogen and oxygen atoms in total. The van der Waals surface area contributed by atoms with Gasteiger partial charge < -0.3 is 10.4 Å². The van der Waals surface area contributed by atoms with Crippen molar-refractivity contribution in [3.8, 4) is 0 Å². The molecule has 2 fully saturated rings. The third-order valence-corrected chi connectivity index (χ3v) is 2.98. The molecule has 3 heteroatoms. The second-order valence-electron chi connectivity index (χ2n) is 4.47. The standard InChI is InChI=1S/C10H20N2O/c1-8(13)6-11-9-4-5-12(7-9)10-2-3-10/h8-11,13H,2-7H2,1H3/t8-,9?/m1/s1. The highest BCUT2D eigenvalue weighted by molar-refractivity contribution is 4.91. The van der Waals surface area contributed by atoms with Crippen LogP contribution in [0.15, 0.2) is 0 Å². The summed E-state index contributed by atoms with van der Waals surface area (Å²) < 4.78 is 0. The molecule has 0 amide bonds. The summed E-state index contributed by atoms with van der Waals surface area (Å²) in [5.74, 6) is 0. The summed E-state index contributed by atoms with van der Waals surface area (Å²) in [6, 6.07) is 1.52. The summed E-state index contributed by atoms with van der Waals surface area (Å²) in [4.78, 5) is 2.58. The van der Waals surface area contributed by atoms with Crippen molar-refractivity contribution in [2.24, 2.45) is 0 Å². The van der Waals surface area contributed by atoms with Crippen molar-refractivity contribution < 1.29 is 5.11 Å². The minimum Gasteiger partial charge on any atom is -0.392 e. The van der Waals surface area contributed by atoms with Crippen molar-refractivity contribution >= 4 is 0 Å². The van der Waals surface area contributed by atoms with Crippen molar-refractivity contribution in [3.63, 3.8) is 0 Å². The van der Waals surface area contributed by atoms with E-state index >= 15 is 0 Å². The molecule has 1 saturated carbocycles. The van der Waals surface area contributed by atoms with Gasteiger partial charge in [0.1, 0.15) is 0 Å². The smallest absolute Gasteiger partial charge is 0.0636 e. The summed E-state index contributed by atoms with van der Waals surface area (Å²) in [6.45, 7) is 5.02. The normalized spacial score (nSPS) is 32.3. The van der Waals surface area contributed by atoms with E-state index in [1.165, 1.54) is 32.4 Å². The highest BCUT2D eigenvalue weighted by Gasteiger charge is 2.33. The fourth-order valence-corrected chi connectivity index (χ4v) is 2.06. The molecule has 0 aromatic carbocycles. The number of rotatable bonds is 4. The van der Waals surface area contributed by atoms with Gasteiger partial charge in [-0.1, -0.05) is 0 Å². The van der Waals surface area contributed by atoms with Crippen molar-refractivity contribution in [2.75, 3.05) is 19.6 Å². The summed E-state index contributed by atoms with van der Waals surface area (Å²) in [5, 5.41) is 12.5. The van der Waals surface area contributed by atoms with Crippen LogP contribution in [-0.2, 0) is 0 Å². The highest BCUT2D eigenvalue weighted by atomic mass is 16.3. The van der Waals surface area contributed by atoms with Gasteiger partial charge in [-0.25, -0.2) is 0 Å². The Morgan fingerprint density at radius 2 is 2.23 bits per heavy atom. The Morgan fingerprint density at radius 3 is 2.85 bits per heavy atom. The quantitative estimate of drug-likeness (QED) is 0.655. The van der Waals surface area contributed by atoms with E-state index < -0.39 is 0 Å². The van der Waals surface area contributed by atoms with Gasteiger partial charge in [-0.15, -0.1) is 0 Å². The first-order valence-corrected chi connectivity index (χ1v) is 5.41. The molecule has 76 valence electrons. The Balaban J connectivity index is 1.65. The number of hydrogen-bond acceptors (Lipinski definition) is 3. The van der Waals surface area contributed by atoms with Gasteiger partial charge in [-0.3, -0.25) is 4.90 Å². The van der Waals surface area contributed by atoms with Crippen LogP contribution in [0.3, 0.4) is 0 Å². The van der Waals surface area contributed by atoms with Gasteiger partial charge in [-0.2, -0.15) is 0 Å². The largest absolute Gasteiger partial charge is 0.392 e. The lowest BCUT2D eigenvalue weighted by Gasteiger charge is -2.16. The van der Waals surface area contributed by atoms with Crippen LogP contribution in [0.4, 0.5) is 0 Å². The molecule has 2 aliphatic rings. The average Bonchev–Trinajstić information content (AvgIpc) is 2.83. The van der Waals surface area contributed by atoms with Crippen LogP contribution in [0.5, 0.6) is 0 Å². The molecule has 1 heterocycles. The topological polar surface area (TPSA) is 35.5 Å².